The predicted molar refractivity (Wildman–Crippen MR) is 56.1 cm³/mol. The highest BCUT2D eigenvalue weighted by Crippen LogP contribution is 2.27. The van der Waals surface area contributed by atoms with E-state index >= 15 is 0 Å². The van der Waals surface area contributed by atoms with Crippen molar-refractivity contribution in [2.45, 2.75) is 51.4 Å². The second-order valence-corrected chi connectivity index (χ2v) is 4.97. The summed E-state index contributed by atoms with van der Waals surface area (Å²) in [6.45, 7) is 5.56. The Bertz CT molecular complexity index is 231. The molecule has 1 fully saturated rings. The third-order valence-corrected chi connectivity index (χ3v) is 2.49. The molecule has 1 aliphatic rings. The Morgan fingerprint density at radius 1 is 1.40 bits per heavy atom. The Labute approximate surface area is 90.5 Å². The molecule has 0 aromatic heterocycles. The van der Waals surface area contributed by atoms with E-state index in [2.05, 4.69) is 4.84 Å². The topological polar surface area (TPSA) is 64.8 Å². The molecule has 1 amide bonds. The Balaban J connectivity index is 2.35. The van der Waals surface area contributed by atoms with Crippen LogP contribution in [0.4, 0.5) is 4.79 Å². The van der Waals surface area contributed by atoms with Crippen LogP contribution in [-0.4, -0.2) is 35.8 Å². The second-order valence-electron chi connectivity index (χ2n) is 4.97. The number of ether oxygens (including phenoxy) is 1. The maximum absolute atomic E-state index is 11.6. The Hall–Kier alpha value is -0.810. The number of rotatable bonds is 2. The lowest BCUT2D eigenvalue weighted by molar-refractivity contribution is -0.0525. The zero-order chi connectivity index (χ0) is 11.6. The van der Waals surface area contributed by atoms with Crippen LogP contribution in [0.3, 0.4) is 0 Å². The van der Waals surface area contributed by atoms with Gasteiger partial charge in [-0.05, 0) is 33.6 Å². The van der Waals surface area contributed by atoms with E-state index < -0.39 is 5.60 Å². The molecule has 2 N–H and O–H groups in total. The largest absolute Gasteiger partial charge is 0.444 e. The van der Waals surface area contributed by atoms with Crippen LogP contribution in [0.25, 0.3) is 0 Å². The Morgan fingerprint density at radius 3 is 2.33 bits per heavy atom. The van der Waals surface area contributed by atoms with Gasteiger partial charge in [0, 0.05) is 13.1 Å². The highest BCUT2D eigenvalue weighted by molar-refractivity contribution is 5.68. The summed E-state index contributed by atoms with van der Waals surface area (Å²) in [6, 6.07) is 0.188. The fourth-order valence-electron chi connectivity index (χ4n) is 1.45. The van der Waals surface area contributed by atoms with Gasteiger partial charge in [-0.2, -0.15) is 0 Å². The summed E-state index contributed by atoms with van der Waals surface area (Å²) >= 11 is 0. The molecule has 1 aliphatic carbocycles. The summed E-state index contributed by atoms with van der Waals surface area (Å²) in [5.74, 6) is 5.04. The van der Waals surface area contributed by atoms with Gasteiger partial charge in [-0.3, -0.25) is 0 Å². The van der Waals surface area contributed by atoms with Crippen molar-refractivity contribution in [3.63, 3.8) is 0 Å². The minimum Gasteiger partial charge on any atom is -0.444 e. The van der Waals surface area contributed by atoms with Crippen LogP contribution in [0.1, 0.15) is 33.6 Å². The SMILES string of the molecule is CN(C(=O)OC(C)(C)C)C1CC(ON)C1. The molecule has 0 bridgehead atoms. The van der Waals surface area contributed by atoms with Gasteiger partial charge in [0.15, 0.2) is 0 Å². The number of carbonyl (C=O) groups excluding carboxylic acids is 1. The third kappa shape index (κ3) is 3.35. The van der Waals surface area contributed by atoms with Gasteiger partial charge < -0.3 is 14.5 Å². The fourth-order valence-corrected chi connectivity index (χ4v) is 1.45. The van der Waals surface area contributed by atoms with Crippen LogP contribution in [-0.2, 0) is 9.57 Å². The highest BCUT2D eigenvalue weighted by Gasteiger charge is 2.36. The first-order chi connectivity index (χ1) is 6.83. The van der Waals surface area contributed by atoms with Crippen LogP contribution in [0.2, 0.25) is 0 Å². The van der Waals surface area contributed by atoms with Crippen molar-refractivity contribution in [3.05, 3.63) is 0 Å². The number of carbonyl (C=O) groups is 1. The van der Waals surface area contributed by atoms with Gasteiger partial charge >= 0.3 is 6.09 Å². The third-order valence-electron chi connectivity index (χ3n) is 2.49. The van der Waals surface area contributed by atoms with Crippen LogP contribution in [0.5, 0.6) is 0 Å². The van der Waals surface area contributed by atoms with Crippen LogP contribution >= 0.6 is 0 Å². The number of hydrogen-bond donors (Lipinski definition) is 1. The summed E-state index contributed by atoms with van der Waals surface area (Å²) in [5.41, 5.74) is -0.446. The minimum atomic E-state index is -0.446. The van der Waals surface area contributed by atoms with Crippen LogP contribution in [0, 0.1) is 0 Å². The lowest BCUT2D eigenvalue weighted by Crippen LogP contribution is -2.50. The molecule has 88 valence electrons. The normalized spacial score (nSPS) is 25.7. The van der Waals surface area contributed by atoms with E-state index in [1.54, 1.807) is 11.9 Å². The molecule has 1 saturated carbocycles. The first-order valence-corrected chi connectivity index (χ1v) is 5.15. The molecule has 5 heteroatoms. The van der Waals surface area contributed by atoms with Gasteiger partial charge in [0.05, 0.1) is 6.10 Å². The molecule has 5 nitrogen and oxygen atoms in total. The summed E-state index contributed by atoms with van der Waals surface area (Å²) in [5, 5.41) is 0. The Kier molecular flexibility index (Phi) is 3.57. The number of hydrogen-bond acceptors (Lipinski definition) is 4. The molecule has 15 heavy (non-hydrogen) atoms. The maximum Gasteiger partial charge on any atom is 0.410 e. The summed E-state index contributed by atoms with van der Waals surface area (Å²) < 4.78 is 5.24. The first kappa shape index (κ1) is 12.3. The molecule has 0 aliphatic heterocycles. The van der Waals surface area contributed by atoms with E-state index in [1.807, 2.05) is 20.8 Å². The van der Waals surface area contributed by atoms with Crippen molar-refractivity contribution >= 4 is 6.09 Å². The highest BCUT2D eigenvalue weighted by atomic mass is 16.6. The maximum atomic E-state index is 11.6. The number of nitrogens with zero attached hydrogens (tertiary/aromatic N) is 1. The zero-order valence-electron chi connectivity index (χ0n) is 9.82. The van der Waals surface area contributed by atoms with Crippen molar-refractivity contribution in [2.24, 2.45) is 5.90 Å². The predicted octanol–water partition coefficient (Wildman–Crippen LogP) is 1.27. The van der Waals surface area contributed by atoms with E-state index in [-0.39, 0.29) is 18.2 Å². The standard InChI is InChI=1S/C10H20N2O3/c1-10(2,3)14-9(13)12(4)7-5-8(6-7)15-11/h7-8H,5-6,11H2,1-4H3. The fraction of sp³-hybridized carbons (Fsp3) is 0.900. The molecular formula is C10H20N2O3. The van der Waals surface area contributed by atoms with Gasteiger partial charge in [-0.1, -0.05) is 0 Å². The Morgan fingerprint density at radius 2 is 1.93 bits per heavy atom. The van der Waals surface area contributed by atoms with Gasteiger partial charge in [0.1, 0.15) is 5.60 Å². The number of amides is 1. The zero-order valence-corrected chi connectivity index (χ0v) is 9.82. The lowest BCUT2D eigenvalue weighted by atomic mass is 9.88. The van der Waals surface area contributed by atoms with E-state index in [4.69, 9.17) is 10.6 Å². The van der Waals surface area contributed by atoms with E-state index in [1.165, 1.54) is 0 Å². The molecular weight excluding hydrogens is 196 g/mol. The summed E-state index contributed by atoms with van der Waals surface area (Å²) in [4.78, 5) is 17.9. The van der Waals surface area contributed by atoms with Gasteiger partial charge in [0.25, 0.3) is 0 Å². The van der Waals surface area contributed by atoms with E-state index in [9.17, 15) is 4.79 Å². The van der Waals surface area contributed by atoms with Crippen LogP contribution in [0.15, 0.2) is 0 Å². The molecule has 1 rings (SSSR count). The molecule has 0 aromatic rings. The molecule has 0 atom stereocenters. The quantitative estimate of drug-likeness (QED) is 0.706. The van der Waals surface area contributed by atoms with Crippen LogP contribution < -0.4 is 5.90 Å². The van der Waals surface area contributed by atoms with Gasteiger partial charge in [0.2, 0.25) is 0 Å². The van der Waals surface area contributed by atoms with Crippen molar-refractivity contribution in [2.75, 3.05) is 7.05 Å². The van der Waals surface area contributed by atoms with E-state index in [0.29, 0.717) is 0 Å². The summed E-state index contributed by atoms with van der Waals surface area (Å²) in [6.07, 6.45) is 1.36. The number of nitrogens with two attached hydrogens (primary N) is 1. The van der Waals surface area contributed by atoms with E-state index in [0.717, 1.165) is 12.8 Å². The minimum absolute atomic E-state index is 0.0832. The van der Waals surface area contributed by atoms with Crippen molar-refractivity contribution < 1.29 is 14.4 Å². The summed E-state index contributed by atoms with van der Waals surface area (Å²) in [7, 11) is 1.74. The average molecular weight is 216 g/mol. The molecule has 0 aromatic carbocycles. The molecule has 0 heterocycles. The average Bonchev–Trinajstić information content (AvgIpc) is 1.98. The van der Waals surface area contributed by atoms with Gasteiger partial charge in [-0.25, -0.2) is 10.7 Å². The smallest absolute Gasteiger partial charge is 0.410 e. The molecule has 0 saturated heterocycles. The van der Waals surface area contributed by atoms with Crippen molar-refractivity contribution in [3.8, 4) is 0 Å². The lowest BCUT2D eigenvalue weighted by Gasteiger charge is -2.39. The first-order valence-electron chi connectivity index (χ1n) is 5.15. The molecule has 0 unspecified atom stereocenters. The van der Waals surface area contributed by atoms with Crippen molar-refractivity contribution in [1.29, 1.82) is 0 Å². The van der Waals surface area contributed by atoms with Crippen molar-refractivity contribution in [1.82, 2.24) is 4.90 Å². The second kappa shape index (κ2) is 4.37. The molecule has 0 radical (unpaired) electrons. The monoisotopic (exact) mass is 216 g/mol. The van der Waals surface area contributed by atoms with Gasteiger partial charge in [-0.15, -0.1) is 0 Å². The molecule has 0 spiro atoms.